The van der Waals surface area contributed by atoms with Crippen molar-refractivity contribution in [3.63, 3.8) is 0 Å². The van der Waals surface area contributed by atoms with E-state index in [0.717, 1.165) is 5.69 Å². The second kappa shape index (κ2) is 6.89. The highest BCUT2D eigenvalue weighted by molar-refractivity contribution is 7.99. The number of rotatable bonds is 5. The molecule has 0 unspecified atom stereocenters. The van der Waals surface area contributed by atoms with Gasteiger partial charge in [-0.2, -0.15) is 4.68 Å². The molecule has 1 aliphatic heterocycles. The number of aromatic nitrogens is 4. The number of carbonyl (C=O) groups is 2. The lowest BCUT2D eigenvalue weighted by Crippen LogP contribution is -2.09. The normalized spacial score (nSPS) is 12.7. The number of halogens is 1. The van der Waals surface area contributed by atoms with Crippen molar-refractivity contribution in [3.05, 3.63) is 58.6 Å². The van der Waals surface area contributed by atoms with Gasteiger partial charge in [0, 0.05) is 11.3 Å². The number of thioether (sulfide) groups is 1. The molecule has 3 aromatic rings. The molecule has 4 rings (SSSR count). The van der Waals surface area contributed by atoms with Crippen molar-refractivity contribution in [2.75, 3.05) is 11.1 Å². The van der Waals surface area contributed by atoms with Gasteiger partial charge in [0.05, 0.1) is 22.9 Å². The number of amides is 1. The first-order valence-corrected chi connectivity index (χ1v) is 9.11. The molecular formula is C17H12ClN5O2S. The number of hydrogen-bond donors (Lipinski definition) is 1. The Bertz CT molecular complexity index is 1010. The third-order valence-corrected chi connectivity index (χ3v) is 5.16. The second-order valence-corrected chi connectivity index (χ2v) is 6.94. The molecule has 0 saturated carbocycles. The molecule has 0 aliphatic carbocycles. The maximum atomic E-state index is 12.8. The van der Waals surface area contributed by atoms with Crippen LogP contribution in [0.15, 0.2) is 47.6 Å². The Labute approximate surface area is 157 Å². The summed E-state index contributed by atoms with van der Waals surface area (Å²) < 4.78 is 1.57. The predicted octanol–water partition coefficient (Wildman–Crippen LogP) is 2.79. The van der Waals surface area contributed by atoms with Crippen LogP contribution in [0.4, 0.5) is 5.69 Å². The van der Waals surface area contributed by atoms with E-state index >= 15 is 0 Å². The lowest BCUT2D eigenvalue weighted by Gasteiger charge is -2.09. The summed E-state index contributed by atoms with van der Waals surface area (Å²) in [5, 5.41) is 15.2. The van der Waals surface area contributed by atoms with Crippen LogP contribution in [-0.4, -0.2) is 37.7 Å². The molecule has 1 aromatic heterocycles. The van der Waals surface area contributed by atoms with Gasteiger partial charge in [-0.3, -0.25) is 9.59 Å². The fourth-order valence-electron chi connectivity index (χ4n) is 2.78. The molecule has 1 amide bonds. The Morgan fingerprint density at radius 1 is 1.23 bits per heavy atom. The maximum absolute atomic E-state index is 12.8. The summed E-state index contributed by atoms with van der Waals surface area (Å²) in [6, 6.07) is 12.8. The third-order valence-electron chi connectivity index (χ3n) is 3.93. The molecule has 130 valence electrons. The number of para-hydroxylation sites is 1. The van der Waals surface area contributed by atoms with Gasteiger partial charge in [-0.05, 0) is 40.3 Å². The molecule has 0 spiro atoms. The third kappa shape index (κ3) is 3.09. The monoisotopic (exact) mass is 385 g/mol. The molecule has 2 aromatic carbocycles. The van der Waals surface area contributed by atoms with E-state index in [2.05, 4.69) is 20.8 Å². The number of tetrazole rings is 1. The molecule has 0 radical (unpaired) electrons. The summed E-state index contributed by atoms with van der Waals surface area (Å²) in [5.74, 6) is -0.203. The van der Waals surface area contributed by atoms with Crippen molar-refractivity contribution in [2.45, 2.75) is 11.6 Å². The Morgan fingerprint density at radius 2 is 2.04 bits per heavy atom. The fourth-order valence-corrected chi connectivity index (χ4v) is 3.82. The van der Waals surface area contributed by atoms with E-state index in [1.165, 1.54) is 11.8 Å². The zero-order valence-electron chi connectivity index (χ0n) is 13.3. The molecule has 26 heavy (non-hydrogen) atoms. The second-order valence-electron chi connectivity index (χ2n) is 5.59. The molecule has 1 N–H and O–H groups in total. The van der Waals surface area contributed by atoms with Gasteiger partial charge in [-0.25, -0.2) is 0 Å². The van der Waals surface area contributed by atoms with Crippen molar-refractivity contribution < 1.29 is 9.59 Å². The minimum atomic E-state index is -0.170. The van der Waals surface area contributed by atoms with Gasteiger partial charge in [0.25, 0.3) is 0 Å². The van der Waals surface area contributed by atoms with Crippen LogP contribution >= 0.6 is 23.4 Å². The van der Waals surface area contributed by atoms with E-state index in [1.807, 2.05) is 30.3 Å². The number of benzene rings is 2. The quantitative estimate of drug-likeness (QED) is 0.536. The van der Waals surface area contributed by atoms with Gasteiger partial charge in [-0.1, -0.05) is 41.6 Å². The predicted molar refractivity (Wildman–Crippen MR) is 98.0 cm³/mol. The minimum absolute atomic E-state index is 0.109. The van der Waals surface area contributed by atoms with Gasteiger partial charge in [-0.15, -0.1) is 5.10 Å². The Morgan fingerprint density at radius 3 is 2.85 bits per heavy atom. The SMILES string of the molecule is O=C1Cc2c(ccc(Cl)c2C(=O)CSc2nnnn2-c2ccccc2)N1. The first-order valence-electron chi connectivity index (χ1n) is 7.74. The molecule has 2 heterocycles. The molecular weight excluding hydrogens is 374 g/mol. The van der Waals surface area contributed by atoms with E-state index in [9.17, 15) is 9.59 Å². The molecule has 0 atom stereocenters. The van der Waals surface area contributed by atoms with Gasteiger partial charge < -0.3 is 5.32 Å². The largest absolute Gasteiger partial charge is 0.326 e. The number of nitrogens with zero attached hydrogens (tertiary/aromatic N) is 4. The smallest absolute Gasteiger partial charge is 0.228 e. The molecule has 0 saturated heterocycles. The van der Waals surface area contributed by atoms with E-state index in [4.69, 9.17) is 11.6 Å². The minimum Gasteiger partial charge on any atom is -0.326 e. The van der Waals surface area contributed by atoms with Gasteiger partial charge in [0.1, 0.15) is 0 Å². The zero-order chi connectivity index (χ0) is 18.1. The van der Waals surface area contributed by atoms with Crippen molar-refractivity contribution >= 4 is 40.7 Å². The summed E-state index contributed by atoms with van der Waals surface area (Å²) in [7, 11) is 0. The molecule has 0 bridgehead atoms. The summed E-state index contributed by atoms with van der Waals surface area (Å²) in [6.07, 6.45) is 0.156. The molecule has 7 nitrogen and oxygen atoms in total. The van der Waals surface area contributed by atoms with Crippen LogP contribution in [0, 0.1) is 0 Å². The number of ketones is 1. The average molecular weight is 386 g/mol. The Balaban J connectivity index is 1.56. The van der Waals surface area contributed by atoms with E-state index in [1.54, 1.807) is 16.8 Å². The van der Waals surface area contributed by atoms with E-state index < -0.39 is 0 Å². The van der Waals surface area contributed by atoms with Crippen LogP contribution in [0.1, 0.15) is 15.9 Å². The van der Waals surface area contributed by atoms with Crippen LogP contribution in [-0.2, 0) is 11.2 Å². The highest BCUT2D eigenvalue weighted by Crippen LogP contribution is 2.33. The number of nitrogens with one attached hydrogen (secondary N) is 1. The summed E-state index contributed by atoms with van der Waals surface area (Å²) in [6.45, 7) is 0. The standard InChI is InChI=1S/C17H12ClN5O2S/c18-12-6-7-13-11(8-15(25)19-13)16(12)14(24)9-26-17-20-21-22-23(17)10-4-2-1-3-5-10/h1-7H,8-9H2,(H,19,25). The Hall–Kier alpha value is -2.71. The van der Waals surface area contributed by atoms with Gasteiger partial charge in [0.2, 0.25) is 11.1 Å². The molecule has 0 fully saturated rings. The average Bonchev–Trinajstić information content (AvgIpc) is 3.26. The van der Waals surface area contributed by atoms with Crippen LogP contribution < -0.4 is 5.32 Å². The number of carbonyl (C=O) groups excluding carboxylic acids is 2. The number of fused-ring (bicyclic) bond motifs is 1. The summed E-state index contributed by atoms with van der Waals surface area (Å²) in [5.41, 5.74) is 2.48. The van der Waals surface area contributed by atoms with E-state index in [-0.39, 0.29) is 23.9 Å². The topological polar surface area (TPSA) is 89.8 Å². The van der Waals surface area contributed by atoms with Crippen molar-refractivity contribution in [1.29, 1.82) is 0 Å². The van der Waals surface area contributed by atoms with Crippen molar-refractivity contribution in [3.8, 4) is 5.69 Å². The highest BCUT2D eigenvalue weighted by atomic mass is 35.5. The van der Waals surface area contributed by atoms with Gasteiger partial charge in [0.15, 0.2) is 5.78 Å². The number of Topliss-reactive ketones (excluding diaryl/α,β-unsaturated/α-hetero) is 1. The fraction of sp³-hybridized carbons (Fsp3) is 0.118. The number of anilines is 1. The van der Waals surface area contributed by atoms with Gasteiger partial charge >= 0.3 is 0 Å². The number of hydrogen-bond acceptors (Lipinski definition) is 6. The summed E-state index contributed by atoms with van der Waals surface area (Å²) in [4.78, 5) is 24.4. The summed E-state index contributed by atoms with van der Waals surface area (Å²) >= 11 is 7.44. The van der Waals surface area contributed by atoms with Crippen LogP contribution in [0.25, 0.3) is 5.69 Å². The zero-order valence-corrected chi connectivity index (χ0v) is 14.9. The lowest BCUT2D eigenvalue weighted by atomic mass is 10.0. The molecule has 1 aliphatic rings. The maximum Gasteiger partial charge on any atom is 0.228 e. The first kappa shape index (κ1) is 16.7. The van der Waals surface area contributed by atoms with Crippen LogP contribution in [0.5, 0.6) is 0 Å². The Kier molecular flexibility index (Phi) is 4.44. The lowest BCUT2D eigenvalue weighted by molar-refractivity contribution is -0.115. The molecule has 9 heteroatoms. The highest BCUT2D eigenvalue weighted by Gasteiger charge is 2.26. The van der Waals surface area contributed by atoms with Crippen molar-refractivity contribution in [1.82, 2.24) is 20.2 Å². The van der Waals surface area contributed by atoms with E-state index in [0.29, 0.717) is 27.0 Å². The van der Waals surface area contributed by atoms with Crippen LogP contribution in [0.2, 0.25) is 5.02 Å². The first-order chi connectivity index (χ1) is 12.6. The van der Waals surface area contributed by atoms with Crippen molar-refractivity contribution in [2.24, 2.45) is 0 Å². The van der Waals surface area contributed by atoms with Crippen LogP contribution in [0.3, 0.4) is 0 Å².